The van der Waals surface area contributed by atoms with E-state index >= 15 is 0 Å². The van der Waals surface area contributed by atoms with Gasteiger partial charge >= 0.3 is 0 Å². The maximum Gasteiger partial charge on any atom is 0.171 e. The molecule has 0 aliphatic rings. The van der Waals surface area contributed by atoms with Crippen LogP contribution in [0.25, 0.3) is 10.7 Å². The van der Waals surface area contributed by atoms with E-state index in [9.17, 15) is 0 Å². The van der Waals surface area contributed by atoms with Crippen molar-refractivity contribution < 1.29 is 0 Å². The highest BCUT2D eigenvalue weighted by atomic mass is 79.9. The maximum atomic E-state index is 5.71. The van der Waals surface area contributed by atoms with Crippen LogP contribution in [-0.2, 0) is 0 Å². The van der Waals surface area contributed by atoms with Crippen molar-refractivity contribution in [2.75, 3.05) is 5.73 Å². The van der Waals surface area contributed by atoms with Crippen LogP contribution in [-0.4, -0.2) is 9.97 Å². The quantitative estimate of drug-likeness (QED) is 0.866. The monoisotopic (exact) mass is 269 g/mol. The van der Waals surface area contributed by atoms with Crippen molar-refractivity contribution in [3.63, 3.8) is 0 Å². The molecule has 0 saturated heterocycles. The molecule has 0 unspecified atom stereocenters. The molecule has 14 heavy (non-hydrogen) atoms. The van der Waals surface area contributed by atoms with Gasteiger partial charge in [-0.1, -0.05) is 0 Å². The maximum absolute atomic E-state index is 5.71. The zero-order valence-corrected chi connectivity index (χ0v) is 9.89. The third kappa shape index (κ3) is 1.78. The first-order chi connectivity index (χ1) is 6.66. The van der Waals surface area contributed by atoms with Crippen LogP contribution in [0.2, 0.25) is 0 Å². The Morgan fingerprint density at radius 3 is 2.86 bits per heavy atom. The zero-order chi connectivity index (χ0) is 10.1. The Bertz CT molecular complexity index is 467. The lowest BCUT2D eigenvalue weighted by Gasteiger charge is -1.99. The van der Waals surface area contributed by atoms with Crippen molar-refractivity contribution in [1.29, 1.82) is 0 Å². The summed E-state index contributed by atoms with van der Waals surface area (Å²) in [5.41, 5.74) is 6.61. The fraction of sp³-hybridized carbons (Fsp3) is 0.111. The molecule has 3 nitrogen and oxygen atoms in total. The molecule has 5 heteroatoms. The summed E-state index contributed by atoms with van der Waals surface area (Å²) in [5, 5.41) is 1.99. The minimum absolute atomic E-state index is 0.541. The van der Waals surface area contributed by atoms with E-state index in [2.05, 4.69) is 25.9 Å². The molecule has 0 amide bonds. The molecule has 2 heterocycles. The molecular weight excluding hydrogens is 262 g/mol. The number of nitrogen functional groups attached to an aromatic ring is 1. The first-order valence-electron chi connectivity index (χ1n) is 4.00. The SMILES string of the molecule is Cc1cnc(-c2cc(Br)cs2)nc1N. The summed E-state index contributed by atoms with van der Waals surface area (Å²) in [6.07, 6.45) is 1.74. The Balaban J connectivity index is 2.47. The average Bonchev–Trinajstić information content (AvgIpc) is 2.57. The number of hydrogen-bond donors (Lipinski definition) is 1. The minimum Gasteiger partial charge on any atom is -0.383 e. The highest BCUT2D eigenvalue weighted by Crippen LogP contribution is 2.27. The van der Waals surface area contributed by atoms with Gasteiger partial charge < -0.3 is 5.73 Å². The van der Waals surface area contributed by atoms with E-state index in [-0.39, 0.29) is 0 Å². The molecular formula is C9H8BrN3S. The van der Waals surface area contributed by atoms with E-state index in [4.69, 9.17) is 5.73 Å². The number of aryl methyl sites for hydroxylation is 1. The molecule has 0 aliphatic heterocycles. The van der Waals surface area contributed by atoms with Gasteiger partial charge in [0.1, 0.15) is 5.82 Å². The normalized spacial score (nSPS) is 10.4. The van der Waals surface area contributed by atoms with Crippen LogP contribution in [0.15, 0.2) is 22.1 Å². The molecule has 2 aromatic rings. The third-order valence-corrected chi connectivity index (χ3v) is 3.49. The number of rotatable bonds is 1. The molecule has 0 spiro atoms. The number of hydrogen-bond acceptors (Lipinski definition) is 4. The van der Waals surface area contributed by atoms with Crippen molar-refractivity contribution in [2.24, 2.45) is 0 Å². The summed E-state index contributed by atoms with van der Waals surface area (Å²) in [6.45, 7) is 1.89. The van der Waals surface area contributed by atoms with Crippen molar-refractivity contribution in [3.05, 3.63) is 27.7 Å². The third-order valence-electron chi connectivity index (χ3n) is 1.80. The summed E-state index contributed by atoms with van der Waals surface area (Å²) in [7, 11) is 0. The summed E-state index contributed by atoms with van der Waals surface area (Å²) >= 11 is 4.98. The Morgan fingerprint density at radius 2 is 2.29 bits per heavy atom. The summed E-state index contributed by atoms with van der Waals surface area (Å²) in [5.74, 6) is 1.23. The minimum atomic E-state index is 0.541. The lowest BCUT2D eigenvalue weighted by molar-refractivity contribution is 1.15. The summed E-state index contributed by atoms with van der Waals surface area (Å²) in [6, 6.07) is 1.98. The lowest BCUT2D eigenvalue weighted by atomic mass is 10.3. The van der Waals surface area contributed by atoms with Crippen LogP contribution in [0.4, 0.5) is 5.82 Å². The second kappa shape index (κ2) is 3.67. The molecule has 2 aromatic heterocycles. The first kappa shape index (κ1) is 9.61. The highest BCUT2D eigenvalue weighted by molar-refractivity contribution is 9.10. The molecule has 0 aliphatic carbocycles. The first-order valence-corrected chi connectivity index (χ1v) is 5.67. The number of anilines is 1. The van der Waals surface area contributed by atoms with Gasteiger partial charge in [-0.3, -0.25) is 0 Å². The van der Waals surface area contributed by atoms with E-state index in [1.165, 1.54) is 0 Å². The standard InChI is InChI=1S/C9H8BrN3S/c1-5-3-12-9(13-8(5)11)7-2-6(10)4-14-7/h2-4H,1H3,(H2,11,12,13). The van der Waals surface area contributed by atoms with Crippen LogP contribution in [0.1, 0.15) is 5.56 Å². The smallest absolute Gasteiger partial charge is 0.171 e. The van der Waals surface area contributed by atoms with E-state index in [1.54, 1.807) is 17.5 Å². The van der Waals surface area contributed by atoms with Gasteiger partial charge in [0.2, 0.25) is 0 Å². The Kier molecular flexibility index (Phi) is 2.52. The molecule has 2 N–H and O–H groups in total. The highest BCUT2D eigenvalue weighted by Gasteiger charge is 2.05. The van der Waals surface area contributed by atoms with Crippen LogP contribution >= 0.6 is 27.3 Å². The van der Waals surface area contributed by atoms with Crippen molar-refractivity contribution in [1.82, 2.24) is 9.97 Å². The molecule has 2 rings (SSSR count). The van der Waals surface area contributed by atoms with E-state index in [0.29, 0.717) is 11.6 Å². The van der Waals surface area contributed by atoms with Crippen LogP contribution in [0.3, 0.4) is 0 Å². The molecule has 0 saturated carbocycles. The van der Waals surface area contributed by atoms with E-state index < -0.39 is 0 Å². The van der Waals surface area contributed by atoms with Crippen LogP contribution < -0.4 is 5.73 Å². The van der Waals surface area contributed by atoms with Gasteiger partial charge in [-0.15, -0.1) is 11.3 Å². The van der Waals surface area contributed by atoms with Gasteiger partial charge in [-0.25, -0.2) is 9.97 Å². The van der Waals surface area contributed by atoms with Crippen molar-refractivity contribution in [2.45, 2.75) is 6.92 Å². The predicted molar refractivity (Wildman–Crippen MR) is 62.2 cm³/mol. The van der Waals surface area contributed by atoms with Gasteiger partial charge in [-0.2, -0.15) is 0 Å². The van der Waals surface area contributed by atoms with Gasteiger partial charge in [0, 0.05) is 21.6 Å². The van der Waals surface area contributed by atoms with Gasteiger partial charge in [0.25, 0.3) is 0 Å². The van der Waals surface area contributed by atoms with Gasteiger partial charge in [0.15, 0.2) is 5.82 Å². The molecule has 0 radical (unpaired) electrons. The predicted octanol–water partition coefficient (Wildman–Crippen LogP) is 2.86. The van der Waals surface area contributed by atoms with Gasteiger partial charge in [0.05, 0.1) is 4.88 Å². The molecule has 0 atom stereocenters. The van der Waals surface area contributed by atoms with Gasteiger partial charge in [-0.05, 0) is 28.9 Å². The van der Waals surface area contributed by atoms with E-state index in [1.807, 2.05) is 18.4 Å². The number of aromatic nitrogens is 2. The fourth-order valence-electron chi connectivity index (χ4n) is 1.00. The number of halogens is 1. The van der Waals surface area contributed by atoms with Crippen molar-refractivity contribution in [3.8, 4) is 10.7 Å². The topological polar surface area (TPSA) is 51.8 Å². The second-order valence-electron chi connectivity index (χ2n) is 2.89. The number of nitrogens with zero attached hydrogens (tertiary/aromatic N) is 2. The second-order valence-corrected chi connectivity index (χ2v) is 4.72. The summed E-state index contributed by atoms with van der Waals surface area (Å²) < 4.78 is 1.04. The van der Waals surface area contributed by atoms with Crippen LogP contribution in [0, 0.1) is 6.92 Å². The zero-order valence-electron chi connectivity index (χ0n) is 7.49. The number of nitrogens with two attached hydrogens (primary N) is 1. The Labute approximate surface area is 94.1 Å². The molecule has 0 aromatic carbocycles. The summed E-state index contributed by atoms with van der Waals surface area (Å²) in [4.78, 5) is 9.45. The Hall–Kier alpha value is -0.940. The molecule has 72 valence electrons. The Morgan fingerprint density at radius 1 is 1.50 bits per heavy atom. The largest absolute Gasteiger partial charge is 0.383 e. The average molecular weight is 270 g/mol. The lowest BCUT2D eigenvalue weighted by Crippen LogP contribution is -1.97. The fourth-order valence-corrected chi connectivity index (χ4v) is 2.37. The molecule has 0 fully saturated rings. The van der Waals surface area contributed by atoms with Crippen LogP contribution in [0.5, 0.6) is 0 Å². The van der Waals surface area contributed by atoms with Crippen molar-refractivity contribution >= 4 is 33.1 Å². The number of thiophene rings is 1. The molecule has 0 bridgehead atoms. The van der Waals surface area contributed by atoms with E-state index in [0.717, 1.165) is 14.9 Å².